The third-order valence-electron chi connectivity index (χ3n) is 3.25. The second kappa shape index (κ2) is 3.96. The van der Waals surface area contributed by atoms with Crippen LogP contribution in [-0.4, -0.2) is 35.3 Å². The summed E-state index contributed by atoms with van der Waals surface area (Å²) in [7, 11) is -3.17. The first kappa shape index (κ1) is 8.88. The molecule has 5 nitrogen and oxygen atoms in total. The van der Waals surface area contributed by atoms with Crippen molar-refractivity contribution in [3.63, 3.8) is 0 Å². The maximum absolute atomic E-state index is 6.99. The second-order valence-electron chi connectivity index (χ2n) is 4.97. The molecule has 0 radical (unpaired) electrons. The van der Waals surface area contributed by atoms with Gasteiger partial charge in [-0.1, -0.05) is 0 Å². The molecule has 0 unspecified atom stereocenters. The number of nitrogens with zero attached hydrogens (tertiary/aromatic N) is 2. The van der Waals surface area contributed by atoms with Crippen molar-refractivity contribution in [2.75, 3.05) is 7.04 Å². The first-order chi connectivity index (χ1) is 9.00. The van der Waals surface area contributed by atoms with Gasteiger partial charge in [0.25, 0.3) is 0 Å². The third kappa shape index (κ3) is 2.15. The molecule has 2 rings (SSSR count). The monoisotopic (exact) mass is 239 g/mol. The lowest BCUT2D eigenvalue weighted by atomic mass is 9.85. The van der Waals surface area contributed by atoms with E-state index in [0.717, 1.165) is 0 Å². The van der Waals surface area contributed by atoms with E-state index in [-0.39, 0.29) is 5.88 Å². The van der Waals surface area contributed by atoms with Crippen molar-refractivity contribution in [1.82, 2.24) is 9.97 Å². The summed E-state index contributed by atoms with van der Waals surface area (Å²) in [6.45, 7) is 7.75. The van der Waals surface area contributed by atoms with Crippen LogP contribution in [0.4, 0.5) is 0 Å². The maximum Gasteiger partial charge on any atom is 0.516 e. The Bertz CT molecular complexity index is 475. The minimum atomic E-state index is -2.54. The molecule has 0 N–H and O–H groups in total. The topological polar surface area (TPSA) is 53.5 Å². The molecule has 0 amide bonds. The summed E-state index contributed by atoms with van der Waals surface area (Å²) in [5.41, 5.74) is -0.456. The molecule has 0 spiro atoms. The second-order valence-corrected chi connectivity index (χ2v) is 4.97. The lowest BCUT2D eigenvalue weighted by Crippen LogP contribution is -2.41. The molecule has 1 aliphatic rings. The average molecular weight is 239 g/mol. The summed E-state index contributed by atoms with van der Waals surface area (Å²) in [4.78, 5) is 7.99. The van der Waals surface area contributed by atoms with Gasteiger partial charge in [0.15, 0.2) is 0 Å². The van der Waals surface area contributed by atoms with E-state index < -0.39 is 25.4 Å². The molecule has 6 heteroatoms. The van der Waals surface area contributed by atoms with Crippen LogP contribution in [0, 0.1) is 0 Å². The van der Waals surface area contributed by atoms with Gasteiger partial charge in [-0.3, -0.25) is 4.98 Å². The van der Waals surface area contributed by atoms with Crippen LogP contribution in [-0.2, 0) is 9.31 Å². The Morgan fingerprint density at radius 1 is 1.18 bits per heavy atom. The number of hydrogen-bond donors (Lipinski definition) is 0. The van der Waals surface area contributed by atoms with Crippen LogP contribution < -0.4 is 10.3 Å². The number of aromatic nitrogens is 2. The van der Waals surface area contributed by atoms with Crippen LogP contribution in [0.3, 0.4) is 0 Å². The molecule has 1 aliphatic heterocycles. The van der Waals surface area contributed by atoms with Crippen LogP contribution in [0.5, 0.6) is 5.88 Å². The summed E-state index contributed by atoms with van der Waals surface area (Å²) < 4.78 is 37.2. The first-order valence-corrected chi connectivity index (χ1v) is 5.37. The summed E-state index contributed by atoms with van der Waals surface area (Å²) in [6, 6.07) is 0. The van der Waals surface area contributed by atoms with E-state index in [4.69, 9.17) is 13.4 Å². The SMILES string of the molecule is [2H]C([2H])([2H])Oc1cnc(B2OC(C)(C)C(C)(C)O2)cn1. The van der Waals surface area contributed by atoms with Gasteiger partial charge in [0, 0.05) is 6.20 Å². The van der Waals surface area contributed by atoms with E-state index >= 15 is 0 Å². The fourth-order valence-electron chi connectivity index (χ4n) is 1.46. The van der Waals surface area contributed by atoms with Gasteiger partial charge < -0.3 is 14.0 Å². The van der Waals surface area contributed by atoms with Crippen molar-refractivity contribution in [2.45, 2.75) is 38.9 Å². The molecule has 1 saturated heterocycles. The maximum atomic E-state index is 6.99. The van der Waals surface area contributed by atoms with Gasteiger partial charge in [0.1, 0.15) is 0 Å². The van der Waals surface area contributed by atoms with Crippen LogP contribution in [0.2, 0.25) is 0 Å². The van der Waals surface area contributed by atoms with Crippen LogP contribution in [0.15, 0.2) is 12.4 Å². The van der Waals surface area contributed by atoms with Gasteiger partial charge in [0.05, 0.1) is 34.1 Å². The van der Waals surface area contributed by atoms with E-state index in [2.05, 4.69) is 14.7 Å². The van der Waals surface area contributed by atoms with Crippen molar-refractivity contribution < 1.29 is 18.2 Å². The van der Waals surface area contributed by atoms with Crippen molar-refractivity contribution in [3.8, 4) is 5.88 Å². The first-order valence-electron chi connectivity index (χ1n) is 6.87. The quantitative estimate of drug-likeness (QED) is 0.714. The zero-order chi connectivity index (χ0) is 15.2. The van der Waals surface area contributed by atoms with Crippen molar-refractivity contribution in [2.24, 2.45) is 0 Å². The van der Waals surface area contributed by atoms with Gasteiger partial charge in [-0.2, -0.15) is 0 Å². The molecule has 92 valence electrons. The highest BCUT2D eigenvalue weighted by Gasteiger charge is 2.52. The average Bonchev–Trinajstić information content (AvgIpc) is 2.47. The molecule has 2 heterocycles. The highest BCUT2D eigenvalue weighted by atomic mass is 16.7. The molecule has 17 heavy (non-hydrogen) atoms. The summed E-state index contributed by atoms with van der Waals surface area (Å²) in [5, 5.41) is 0. The van der Waals surface area contributed by atoms with E-state index in [0.29, 0.717) is 5.59 Å². The van der Waals surface area contributed by atoms with E-state index in [9.17, 15) is 0 Å². The molecule has 0 atom stereocenters. The lowest BCUT2D eigenvalue weighted by molar-refractivity contribution is 0.00578. The smallest absolute Gasteiger partial charge is 0.480 e. The zero-order valence-electron chi connectivity index (χ0n) is 13.4. The predicted octanol–water partition coefficient (Wildman–Crippen LogP) is 0.784. The Hall–Kier alpha value is -1.14. The van der Waals surface area contributed by atoms with E-state index in [1.807, 2.05) is 27.7 Å². The van der Waals surface area contributed by atoms with Crippen molar-refractivity contribution in [1.29, 1.82) is 0 Å². The Labute approximate surface area is 106 Å². The fourth-order valence-corrected chi connectivity index (χ4v) is 1.46. The Morgan fingerprint density at radius 3 is 2.29 bits per heavy atom. The number of methoxy groups -OCH3 is 1. The molecule has 0 aromatic carbocycles. The zero-order valence-corrected chi connectivity index (χ0v) is 10.4. The molecule has 1 aromatic rings. The summed E-state index contributed by atoms with van der Waals surface area (Å²) in [6.07, 6.45) is 2.63. The Balaban J connectivity index is 2.12. The van der Waals surface area contributed by atoms with Crippen LogP contribution >= 0.6 is 0 Å². The standard InChI is InChI=1S/C11H17BN2O3/c1-10(2)11(3,4)17-12(16-10)8-6-14-9(15-5)7-13-8/h6-7H,1-5H3/i5D3. The fraction of sp³-hybridized carbons (Fsp3) is 0.636. The van der Waals surface area contributed by atoms with Gasteiger partial charge >= 0.3 is 7.12 Å². The molecule has 0 aliphatic carbocycles. The molecule has 0 bridgehead atoms. The Morgan fingerprint density at radius 2 is 1.82 bits per heavy atom. The van der Waals surface area contributed by atoms with Crippen molar-refractivity contribution >= 4 is 12.7 Å². The largest absolute Gasteiger partial charge is 0.516 e. The minimum absolute atomic E-state index is 0.0646. The van der Waals surface area contributed by atoms with Gasteiger partial charge in [-0.25, -0.2) is 4.98 Å². The molecule has 0 saturated carbocycles. The van der Waals surface area contributed by atoms with Crippen LogP contribution in [0.1, 0.15) is 31.8 Å². The molecular weight excluding hydrogens is 219 g/mol. The summed E-state index contributed by atoms with van der Waals surface area (Å²) in [5.74, 6) is -0.0646. The highest BCUT2D eigenvalue weighted by Crippen LogP contribution is 2.36. The molecular formula is C11H17BN2O3. The predicted molar refractivity (Wildman–Crippen MR) is 64.3 cm³/mol. The van der Waals surface area contributed by atoms with E-state index in [1.54, 1.807) is 0 Å². The molecule has 1 fully saturated rings. The lowest BCUT2D eigenvalue weighted by Gasteiger charge is -2.32. The number of hydrogen-bond acceptors (Lipinski definition) is 5. The summed E-state index contributed by atoms with van der Waals surface area (Å²) >= 11 is 0. The van der Waals surface area contributed by atoms with Crippen molar-refractivity contribution in [3.05, 3.63) is 12.4 Å². The van der Waals surface area contributed by atoms with Gasteiger partial charge in [0.2, 0.25) is 5.88 Å². The van der Waals surface area contributed by atoms with Crippen LogP contribution in [0.25, 0.3) is 0 Å². The Kier molecular flexibility index (Phi) is 2.07. The third-order valence-corrected chi connectivity index (χ3v) is 3.25. The van der Waals surface area contributed by atoms with Gasteiger partial charge in [-0.15, -0.1) is 0 Å². The molecule has 1 aromatic heterocycles. The minimum Gasteiger partial charge on any atom is -0.480 e. The normalized spacial score (nSPS) is 24.9. The van der Waals surface area contributed by atoms with E-state index in [1.165, 1.54) is 12.4 Å². The highest BCUT2D eigenvalue weighted by molar-refractivity contribution is 6.61. The number of ether oxygens (including phenoxy) is 1. The number of rotatable bonds is 2. The van der Waals surface area contributed by atoms with Gasteiger partial charge in [-0.05, 0) is 27.7 Å².